The van der Waals surface area contributed by atoms with E-state index in [4.69, 9.17) is 4.84 Å². The Bertz CT molecular complexity index is 554. The number of benzene rings is 1. The number of hydrogen-bond donors (Lipinski definition) is 0. The molecule has 0 aliphatic rings. The van der Waals surface area contributed by atoms with Crippen LogP contribution < -0.4 is 0 Å². The quantitative estimate of drug-likeness (QED) is 0.472. The Kier molecular flexibility index (Phi) is 3.98. The Hall–Kier alpha value is -2.28. The van der Waals surface area contributed by atoms with Crippen LogP contribution in [-0.2, 0) is 11.4 Å². The third-order valence-electron chi connectivity index (χ3n) is 2.05. The van der Waals surface area contributed by atoms with Crippen LogP contribution in [0.5, 0.6) is 0 Å². The lowest BCUT2D eigenvalue weighted by Gasteiger charge is -1.95. The standard InChI is InChI=1S/C11H9N3O3S/c15-14(16)11-3-1-2-9(4-11)5-13-17-6-10-7-18-8-12-10/h1-5,7-8H,6H2/b13-5+. The van der Waals surface area contributed by atoms with Gasteiger partial charge in [0.1, 0.15) is 0 Å². The van der Waals surface area contributed by atoms with Crippen molar-refractivity contribution in [2.24, 2.45) is 5.16 Å². The summed E-state index contributed by atoms with van der Waals surface area (Å²) in [7, 11) is 0. The fraction of sp³-hybridized carbons (Fsp3) is 0.0909. The van der Waals surface area contributed by atoms with E-state index in [1.54, 1.807) is 17.6 Å². The molecule has 0 spiro atoms. The lowest BCUT2D eigenvalue weighted by Crippen LogP contribution is -1.91. The SMILES string of the molecule is O=[N+]([O-])c1cccc(/C=N/OCc2cscn2)c1. The maximum atomic E-state index is 10.6. The van der Waals surface area contributed by atoms with Crippen molar-refractivity contribution in [2.75, 3.05) is 0 Å². The maximum Gasteiger partial charge on any atom is 0.270 e. The Morgan fingerprint density at radius 1 is 1.56 bits per heavy atom. The van der Waals surface area contributed by atoms with Crippen molar-refractivity contribution in [3.8, 4) is 0 Å². The second-order valence-electron chi connectivity index (χ2n) is 3.34. The normalized spacial score (nSPS) is 10.7. The molecule has 0 bridgehead atoms. The molecule has 18 heavy (non-hydrogen) atoms. The number of oxime groups is 1. The molecule has 7 heteroatoms. The Balaban J connectivity index is 1.92. The zero-order chi connectivity index (χ0) is 12.8. The van der Waals surface area contributed by atoms with Crippen LogP contribution >= 0.6 is 11.3 Å². The van der Waals surface area contributed by atoms with Gasteiger partial charge in [-0.3, -0.25) is 10.1 Å². The smallest absolute Gasteiger partial charge is 0.270 e. The molecule has 0 N–H and O–H groups in total. The molecule has 0 saturated heterocycles. The van der Waals surface area contributed by atoms with Crippen LogP contribution in [0.3, 0.4) is 0 Å². The first-order chi connectivity index (χ1) is 8.75. The highest BCUT2D eigenvalue weighted by molar-refractivity contribution is 7.07. The maximum absolute atomic E-state index is 10.6. The molecule has 92 valence electrons. The lowest BCUT2D eigenvalue weighted by molar-refractivity contribution is -0.384. The average molecular weight is 263 g/mol. The predicted octanol–water partition coefficient (Wildman–Crippen LogP) is 2.60. The van der Waals surface area contributed by atoms with E-state index >= 15 is 0 Å². The van der Waals surface area contributed by atoms with Gasteiger partial charge in [-0.2, -0.15) is 0 Å². The first-order valence-electron chi connectivity index (χ1n) is 5.02. The van der Waals surface area contributed by atoms with Crippen LogP contribution in [0, 0.1) is 10.1 Å². The van der Waals surface area contributed by atoms with Crippen molar-refractivity contribution < 1.29 is 9.76 Å². The number of hydrogen-bond acceptors (Lipinski definition) is 6. The second kappa shape index (κ2) is 5.87. The number of thiazole rings is 1. The van der Waals surface area contributed by atoms with E-state index in [0.717, 1.165) is 5.69 Å². The summed E-state index contributed by atoms with van der Waals surface area (Å²) in [5, 5.41) is 16.2. The molecule has 0 amide bonds. The molecule has 2 rings (SSSR count). The van der Waals surface area contributed by atoms with Gasteiger partial charge in [0.05, 0.1) is 22.3 Å². The molecule has 1 heterocycles. The van der Waals surface area contributed by atoms with E-state index in [-0.39, 0.29) is 12.3 Å². The second-order valence-corrected chi connectivity index (χ2v) is 4.06. The van der Waals surface area contributed by atoms with Crippen LogP contribution in [0.15, 0.2) is 40.3 Å². The molecule has 0 aliphatic carbocycles. The van der Waals surface area contributed by atoms with Crippen LogP contribution in [-0.4, -0.2) is 16.1 Å². The van der Waals surface area contributed by atoms with Gasteiger partial charge < -0.3 is 4.84 Å². The lowest BCUT2D eigenvalue weighted by atomic mass is 10.2. The number of rotatable bonds is 5. The summed E-state index contributed by atoms with van der Waals surface area (Å²) >= 11 is 1.48. The minimum Gasteiger partial charge on any atom is -0.389 e. The largest absolute Gasteiger partial charge is 0.389 e. The summed E-state index contributed by atoms with van der Waals surface area (Å²) in [6, 6.07) is 6.16. The van der Waals surface area contributed by atoms with E-state index in [0.29, 0.717) is 5.56 Å². The van der Waals surface area contributed by atoms with Crippen LogP contribution in [0.2, 0.25) is 0 Å². The molecule has 1 aromatic carbocycles. The van der Waals surface area contributed by atoms with Crippen molar-refractivity contribution in [3.63, 3.8) is 0 Å². The number of nitro groups is 1. The van der Waals surface area contributed by atoms with Crippen molar-refractivity contribution in [1.29, 1.82) is 0 Å². The molecule has 2 aromatic rings. The van der Waals surface area contributed by atoms with Crippen LogP contribution in [0.1, 0.15) is 11.3 Å². The third kappa shape index (κ3) is 3.36. The van der Waals surface area contributed by atoms with Gasteiger partial charge in [0.15, 0.2) is 6.61 Å². The average Bonchev–Trinajstić information content (AvgIpc) is 2.88. The predicted molar refractivity (Wildman–Crippen MR) is 67.6 cm³/mol. The fourth-order valence-corrected chi connectivity index (χ4v) is 1.77. The zero-order valence-corrected chi connectivity index (χ0v) is 10.0. The number of aromatic nitrogens is 1. The van der Waals surface area contributed by atoms with E-state index in [1.807, 2.05) is 5.38 Å². The zero-order valence-electron chi connectivity index (χ0n) is 9.22. The Labute approximate surface area is 107 Å². The third-order valence-corrected chi connectivity index (χ3v) is 2.69. The molecule has 0 unspecified atom stereocenters. The molecule has 6 nitrogen and oxygen atoms in total. The van der Waals surface area contributed by atoms with E-state index in [2.05, 4.69) is 10.1 Å². The Morgan fingerprint density at radius 3 is 3.17 bits per heavy atom. The van der Waals surface area contributed by atoms with Crippen molar-refractivity contribution in [3.05, 3.63) is 56.5 Å². The van der Waals surface area contributed by atoms with E-state index < -0.39 is 4.92 Å². The molecular weight excluding hydrogens is 254 g/mol. The van der Waals surface area contributed by atoms with Crippen molar-refractivity contribution in [1.82, 2.24) is 4.98 Å². The molecule has 0 radical (unpaired) electrons. The monoisotopic (exact) mass is 263 g/mol. The first-order valence-corrected chi connectivity index (χ1v) is 5.97. The molecule has 1 aromatic heterocycles. The topological polar surface area (TPSA) is 77.6 Å². The van der Waals surface area contributed by atoms with Crippen molar-refractivity contribution >= 4 is 23.2 Å². The minimum atomic E-state index is -0.451. The van der Waals surface area contributed by atoms with E-state index in [9.17, 15) is 10.1 Å². The number of nitro benzene ring substituents is 1. The van der Waals surface area contributed by atoms with Gasteiger partial charge in [0.25, 0.3) is 5.69 Å². The minimum absolute atomic E-state index is 0.0263. The summed E-state index contributed by atoms with van der Waals surface area (Å²) in [6.07, 6.45) is 1.43. The first kappa shape index (κ1) is 12.2. The van der Waals surface area contributed by atoms with Gasteiger partial charge >= 0.3 is 0 Å². The van der Waals surface area contributed by atoms with Gasteiger partial charge in [-0.25, -0.2) is 4.98 Å². The highest BCUT2D eigenvalue weighted by atomic mass is 32.1. The molecule has 0 saturated carbocycles. The summed E-state index contributed by atoms with van der Waals surface area (Å²) in [4.78, 5) is 19.2. The summed E-state index contributed by atoms with van der Waals surface area (Å²) in [6.45, 7) is 0.287. The van der Waals surface area contributed by atoms with Gasteiger partial charge in [-0.05, 0) is 0 Å². The van der Waals surface area contributed by atoms with Crippen molar-refractivity contribution in [2.45, 2.75) is 6.61 Å². The molecular formula is C11H9N3O3S. The summed E-state index contributed by atoms with van der Waals surface area (Å²) in [5.41, 5.74) is 3.15. The van der Waals surface area contributed by atoms with E-state index in [1.165, 1.54) is 29.7 Å². The van der Waals surface area contributed by atoms with Gasteiger partial charge in [0, 0.05) is 23.1 Å². The highest BCUT2D eigenvalue weighted by Gasteiger charge is 2.03. The van der Waals surface area contributed by atoms with Crippen LogP contribution in [0.4, 0.5) is 5.69 Å². The molecule has 0 fully saturated rings. The summed E-state index contributed by atoms with van der Waals surface area (Å²) < 4.78 is 0. The van der Waals surface area contributed by atoms with Gasteiger partial charge in [-0.1, -0.05) is 17.3 Å². The molecule has 0 atom stereocenters. The highest BCUT2D eigenvalue weighted by Crippen LogP contribution is 2.11. The number of nitrogens with zero attached hydrogens (tertiary/aromatic N) is 3. The fourth-order valence-electron chi connectivity index (χ4n) is 1.23. The van der Waals surface area contributed by atoms with Gasteiger partial charge in [0.2, 0.25) is 0 Å². The summed E-state index contributed by atoms with van der Waals surface area (Å²) in [5.74, 6) is 0. The molecule has 0 aliphatic heterocycles. The number of non-ortho nitro benzene ring substituents is 1. The van der Waals surface area contributed by atoms with Gasteiger partial charge in [-0.15, -0.1) is 11.3 Å². The Morgan fingerprint density at radius 2 is 2.44 bits per heavy atom. The van der Waals surface area contributed by atoms with Crippen LogP contribution in [0.25, 0.3) is 0 Å².